The first kappa shape index (κ1) is 20.4. The number of hydrogen-bond acceptors (Lipinski definition) is 3. The van der Waals surface area contributed by atoms with Gasteiger partial charge in [0.2, 0.25) is 5.91 Å². The molecule has 2 saturated carbocycles. The van der Waals surface area contributed by atoms with Crippen LogP contribution in [0.1, 0.15) is 74.2 Å². The summed E-state index contributed by atoms with van der Waals surface area (Å²) in [5.41, 5.74) is 0.185. The molecule has 1 aromatic carbocycles. The van der Waals surface area contributed by atoms with E-state index in [1.807, 2.05) is 0 Å². The SMILES string of the molecule is CC1CCC(NC(=O)c2ccc(CNC(=O)C3CCCC3)cc2)(C(=O)O)CC1. The number of carboxylic acids is 1. The Morgan fingerprint density at radius 1 is 1.04 bits per heavy atom. The molecule has 3 N–H and O–H groups in total. The number of benzene rings is 1. The molecule has 0 spiro atoms. The highest BCUT2D eigenvalue weighted by Gasteiger charge is 2.42. The zero-order valence-electron chi connectivity index (χ0n) is 16.5. The van der Waals surface area contributed by atoms with E-state index in [4.69, 9.17) is 0 Å². The van der Waals surface area contributed by atoms with Crippen molar-refractivity contribution in [2.45, 2.75) is 70.4 Å². The van der Waals surface area contributed by atoms with Crippen molar-refractivity contribution in [1.29, 1.82) is 0 Å². The van der Waals surface area contributed by atoms with Crippen molar-refractivity contribution < 1.29 is 19.5 Å². The molecule has 0 unspecified atom stereocenters. The molecule has 0 aliphatic heterocycles. The molecule has 2 amide bonds. The smallest absolute Gasteiger partial charge is 0.329 e. The standard InChI is InChI=1S/C22H30N2O4/c1-15-10-12-22(13-11-15,21(27)28)24-20(26)18-8-6-16(7-9-18)14-23-19(25)17-4-2-3-5-17/h6-9,15,17H,2-5,10-14H2,1H3,(H,23,25)(H,24,26)(H,27,28). The van der Waals surface area contributed by atoms with Crippen LogP contribution in [0.25, 0.3) is 0 Å². The van der Waals surface area contributed by atoms with Gasteiger partial charge in [-0.2, -0.15) is 0 Å². The number of hydrogen-bond donors (Lipinski definition) is 3. The van der Waals surface area contributed by atoms with Crippen LogP contribution < -0.4 is 10.6 Å². The van der Waals surface area contributed by atoms with Gasteiger partial charge in [0.25, 0.3) is 5.91 Å². The summed E-state index contributed by atoms with van der Waals surface area (Å²) < 4.78 is 0. The van der Waals surface area contributed by atoms with Gasteiger partial charge in [-0.15, -0.1) is 0 Å². The molecule has 152 valence electrons. The maximum atomic E-state index is 12.6. The molecule has 6 nitrogen and oxygen atoms in total. The molecule has 6 heteroatoms. The van der Waals surface area contributed by atoms with Crippen LogP contribution in [0.15, 0.2) is 24.3 Å². The normalized spacial score (nSPS) is 25.2. The third-order valence-electron chi connectivity index (χ3n) is 6.30. The van der Waals surface area contributed by atoms with E-state index in [0.717, 1.165) is 44.1 Å². The highest BCUT2D eigenvalue weighted by atomic mass is 16.4. The molecule has 2 fully saturated rings. The van der Waals surface area contributed by atoms with Gasteiger partial charge in [0.15, 0.2) is 0 Å². The summed E-state index contributed by atoms with van der Waals surface area (Å²) >= 11 is 0. The Bertz CT molecular complexity index is 715. The van der Waals surface area contributed by atoms with Crippen molar-refractivity contribution in [2.75, 3.05) is 0 Å². The lowest BCUT2D eigenvalue weighted by Gasteiger charge is -2.36. The largest absolute Gasteiger partial charge is 0.480 e. The minimum Gasteiger partial charge on any atom is -0.480 e. The first-order valence-electron chi connectivity index (χ1n) is 10.3. The second kappa shape index (κ2) is 8.76. The van der Waals surface area contributed by atoms with Crippen LogP contribution >= 0.6 is 0 Å². The van der Waals surface area contributed by atoms with Crippen molar-refractivity contribution in [3.05, 3.63) is 35.4 Å². The molecule has 2 aliphatic carbocycles. The Morgan fingerprint density at radius 2 is 1.64 bits per heavy atom. The summed E-state index contributed by atoms with van der Waals surface area (Å²) in [5.74, 6) is -0.592. The van der Waals surface area contributed by atoms with E-state index < -0.39 is 11.5 Å². The molecular formula is C22H30N2O4. The third kappa shape index (κ3) is 4.72. The van der Waals surface area contributed by atoms with Crippen LogP contribution in [0.4, 0.5) is 0 Å². The number of aliphatic carboxylic acids is 1. The van der Waals surface area contributed by atoms with E-state index in [2.05, 4.69) is 17.6 Å². The average molecular weight is 386 g/mol. The lowest BCUT2D eigenvalue weighted by molar-refractivity contribution is -0.146. The van der Waals surface area contributed by atoms with E-state index in [1.165, 1.54) is 0 Å². The van der Waals surface area contributed by atoms with Crippen LogP contribution in [0.2, 0.25) is 0 Å². The van der Waals surface area contributed by atoms with Gasteiger partial charge < -0.3 is 15.7 Å². The molecule has 0 heterocycles. The molecule has 28 heavy (non-hydrogen) atoms. The molecule has 0 aromatic heterocycles. The fraction of sp³-hybridized carbons (Fsp3) is 0.591. The molecule has 0 radical (unpaired) electrons. The summed E-state index contributed by atoms with van der Waals surface area (Å²) in [5, 5.41) is 15.4. The molecular weight excluding hydrogens is 356 g/mol. The molecule has 2 aliphatic rings. The highest BCUT2D eigenvalue weighted by molar-refractivity contribution is 5.98. The molecule has 3 rings (SSSR count). The number of rotatable bonds is 6. The Balaban J connectivity index is 1.57. The van der Waals surface area contributed by atoms with Crippen LogP contribution in [-0.2, 0) is 16.1 Å². The van der Waals surface area contributed by atoms with Gasteiger partial charge in [0.1, 0.15) is 5.54 Å². The quantitative estimate of drug-likeness (QED) is 0.699. The first-order chi connectivity index (χ1) is 13.4. The zero-order valence-corrected chi connectivity index (χ0v) is 16.5. The molecule has 0 atom stereocenters. The number of nitrogens with one attached hydrogen (secondary N) is 2. The van der Waals surface area contributed by atoms with Crippen molar-refractivity contribution in [3.63, 3.8) is 0 Å². The Kier molecular flexibility index (Phi) is 6.37. The lowest BCUT2D eigenvalue weighted by atomic mass is 9.77. The second-order valence-corrected chi connectivity index (χ2v) is 8.42. The maximum Gasteiger partial charge on any atom is 0.329 e. The maximum absolute atomic E-state index is 12.6. The number of carbonyl (C=O) groups is 3. The summed E-state index contributed by atoms with van der Waals surface area (Å²) in [6.07, 6.45) is 6.70. The van der Waals surface area contributed by atoms with Gasteiger partial charge in [-0.3, -0.25) is 9.59 Å². The monoisotopic (exact) mass is 386 g/mol. The van der Waals surface area contributed by atoms with Crippen LogP contribution in [0.3, 0.4) is 0 Å². The summed E-state index contributed by atoms with van der Waals surface area (Å²) in [7, 11) is 0. The molecule has 1 aromatic rings. The van der Waals surface area contributed by atoms with Gasteiger partial charge >= 0.3 is 5.97 Å². The molecule has 0 bridgehead atoms. The average Bonchev–Trinajstić information content (AvgIpc) is 3.23. The van der Waals surface area contributed by atoms with E-state index in [9.17, 15) is 19.5 Å². The molecule has 0 saturated heterocycles. The van der Waals surface area contributed by atoms with Crippen LogP contribution in [-0.4, -0.2) is 28.4 Å². The summed E-state index contributed by atoms with van der Waals surface area (Å²) in [4.78, 5) is 36.5. The van der Waals surface area contributed by atoms with E-state index in [0.29, 0.717) is 30.9 Å². The van der Waals surface area contributed by atoms with Crippen LogP contribution in [0.5, 0.6) is 0 Å². The predicted molar refractivity (Wildman–Crippen MR) is 106 cm³/mol. The van der Waals surface area contributed by atoms with Gasteiger partial charge in [-0.1, -0.05) is 31.9 Å². The topological polar surface area (TPSA) is 95.5 Å². The number of amides is 2. The van der Waals surface area contributed by atoms with Crippen molar-refractivity contribution in [2.24, 2.45) is 11.8 Å². The predicted octanol–water partition coefficient (Wildman–Crippen LogP) is 3.26. The fourth-order valence-corrected chi connectivity index (χ4v) is 4.23. The van der Waals surface area contributed by atoms with E-state index in [1.54, 1.807) is 24.3 Å². The van der Waals surface area contributed by atoms with Gasteiger partial charge in [0, 0.05) is 18.0 Å². The Hall–Kier alpha value is -2.37. The van der Waals surface area contributed by atoms with E-state index in [-0.39, 0.29) is 17.7 Å². The minimum atomic E-state index is -1.17. The van der Waals surface area contributed by atoms with Gasteiger partial charge in [0.05, 0.1) is 0 Å². The minimum absolute atomic E-state index is 0.106. The summed E-state index contributed by atoms with van der Waals surface area (Å²) in [6.45, 7) is 2.55. The summed E-state index contributed by atoms with van der Waals surface area (Å²) in [6, 6.07) is 6.99. The second-order valence-electron chi connectivity index (χ2n) is 8.42. The van der Waals surface area contributed by atoms with Gasteiger partial charge in [-0.05, 0) is 62.1 Å². The van der Waals surface area contributed by atoms with Crippen molar-refractivity contribution in [3.8, 4) is 0 Å². The fourth-order valence-electron chi connectivity index (χ4n) is 4.23. The Morgan fingerprint density at radius 3 is 2.21 bits per heavy atom. The number of carboxylic acid groups (broad SMARTS) is 1. The third-order valence-corrected chi connectivity index (χ3v) is 6.30. The van der Waals surface area contributed by atoms with Crippen molar-refractivity contribution >= 4 is 17.8 Å². The lowest BCUT2D eigenvalue weighted by Crippen LogP contribution is -2.56. The zero-order chi connectivity index (χ0) is 20.1. The van der Waals surface area contributed by atoms with Crippen molar-refractivity contribution in [1.82, 2.24) is 10.6 Å². The first-order valence-corrected chi connectivity index (χ1v) is 10.3. The Labute approximate surface area is 166 Å². The number of carbonyl (C=O) groups excluding carboxylic acids is 2. The van der Waals surface area contributed by atoms with Crippen LogP contribution in [0, 0.1) is 11.8 Å². The van der Waals surface area contributed by atoms with E-state index >= 15 is 0 Å². The highest BCUT2D eigenvalue weighted by Crippen LogP contribution is 2.32. The van der Waals surface area contributed by atoms with Gasteiger partial charge in [-0.25, -0.2) is 4.79 Å².